The van der Waals surface area contributed by atoms with Crippen molar-refractivity contribution in [3.05, 3.63) is 24.3 Å². The minimum atomic E-state index is -0.608. The molecule has 1 atom stereocenters. The number of nitriles is 1. The largest absolute Gasteiger partial charge is 0.395 e. The van der Waals surface area contributed by atoms with E-state index in [0.29, 0.717) is 11.2 Å². The molecule has 0 radical (unpaired) electrons. The Balaban J connectivity index is 2.66. The van der Waals surface area contributed by atoms with Crippen molar-refractivity contribution in [2.45, 2.75) is 5.92 Å². The quantitative estimate of drug-likeness (QED) is 0.772. The predicted molar refractivity (Wildman–Crippen MR) is 53.9 cm³/mol. The first-order chi connectivity index (χ1) is 7.27. The van der Waals surface area contributed by atoms with Crippen molar-refractivity contribution in [2.24, 2.45) is 7.05 Å². The number of imidazole rings is 1. The zero-order valence-electron chi connectivity index (χ0n) is 8.25. The van der Waals surface area contributed by atoms with E-state index in [2.05, 4.69) is 9.97 Å². The summed E-state index contributed by atoms with van der Waals surface area (Å²) >= 11 is 0. The van der Waals surface area contributed by atoms with E-state index in [4.69, 9.17) is 10.4 Å². The molecule has 5 heteroatoms. The maximum atomic E-state index is 9.05. The summed E-state index contributed by atoms with van der Waals surface area (Å²) < 4.78 is 1.85. The summed E-state index contributed by atoms with van der Waals surface area (Å²) in [6.07, 6.45) is 3.29. The molecular weight excluding hydrogens is 192 g/mol. The molecule has 0 aliphatic carbocycles. The molecule has 0 fully saturated rings. The second kappa shape index (κ2) is 3.67. The van der Waals surface area contributed by atoms with E-state index in [9.17, 15) is 0 Å². The van der Waals surface area contributed by atoms with E-state index in [0.717, 1.165) is 5.52 Å². The van der Waals surface area contributed by atoms with E-state index in [1.165, 1.54) is 0 Å². The number of hydrogen-bond donors (Lipinski definition) is 1. The van der Waals surface area contributed by atoms with Crippen LogP contribution in [0, 0.1) is 11.3 Å². The number of fused-ring (bicyclic) bond motifs is 1. The molecule has 2 heterocycles. The Morgan fingerprint density at radius 1 is 1.60 bits per heavy atom. The van der Waals surface area contributed by atoms with Gasteiger partial charge in [-0.1, -0.05) is 0 Å². The summed E-state index contributed by atoms with van der Waals surface area (Å²) in [6, 6.07) is 3.84. The first-order valence-electron chi connectivity index (χ1n) is 4.54. The van der Waals surface area contributed by atoms with E-state index in [-0.39, 0.29) is 6.61 Å². The molecule has 1 N–H and O–H groups in total. The fourth-order valence-corrected chi connectivity index (χ4v) is 1.53. The van der Waals surface area contributed by atoms with Crippen LogP contribution in [-0.2, 0) is 7.05 Å². The van der Waals surface area contributed by atoms with Crippen molar-refractivity contribution >= 4 is 11.0 Å². The van der Waals surface area contributed by atoms with Crippen LogP contribution >= 0.6 is 0 Å². The van der Waals surface area contributed by atoms with Crippen molar-refractivity contribution in [3.8, 4) is 6.07 Å². The first-order valence-corrected chi connectivity index (χ1v) is 4.54. The summed E-state index contributed by atoms with van der Waals surface area (Å²) in [4.78, 5) is 8.28. The average Bonchev–Trinajstić information content (AvgIpc) is 2.64. The van der Waals surface area contributed by atoms with Gasteiger partial charge in [0.1, 0.15) is 11.4 Å². The van der Waals surface area contributed by atoms with Gasteiger partial charge in [-0.2, -0.15) is 5.26 Å². The Hall–Kier alpha value is -1.93. The van der Waals surface area contributed by atoms with Gasteiger partial charge in [0.2, 0.25) is 0 Å². The third-order valence-corrected chi connectivity index (χ3v) is 2.34. The molecule has 0 saturated heterocycles. The van der Waals surface area contributed by atoms with Gasteiger partial charge in [-0.3, -0.25) is 4.98 Å². The molecule has 0 saturated carbocycles. The number of hydrogen-bond acceptors (Lipinski definition) is 4. The number of aliphatic hydroxyl groups is 1. The zero-order chi connectivity index (χ0) is 10.8. The standard InChI is InChI=1S/C10H10N4O/c1-14-6-13-10-8(14)2-3-12-9(10)7(4-11)5-15/h2-3,6-7,15H,5H2,1H3. The van der Waals surface area contributed by atoms with Crippen LogP contribution in [0.5, 0.6) is 0 Å². The molecule has 76 valence electrons. The van der Waals surface area contributed by atoms with Gasteiger partial charge in [-0.05, 0) is 6.07 Å². The monoisotopic (exact) mass is 202 g/mol. The van der Waals surface area contributed by atoms with Crippen LogP contribution in [0.15, 0.2) is 18.6 Å². The summed E-state index contributed by atoms with van der Waals surface area (Å²) in [7, 11) is 1.87. The van der Waals surface area contributed by atoms with Crippen LogP contribution in [0.2, 0.25) is 0 Å². The van der Waals surface area contributed by atoms with Crippen molar-refractivity contribution in [1.82, 2.24) is 14.5 Å². The Morgan fingerprint density at radius 3 is 3.07 bits per heavy atom. The van der Waals surface area contributed by atoms with Crippen molar-refractivity contribution in [2.75, 3.05) is 6.61 Å². The maximum Gasteiger partial charge on any atom is 0.114 e. The minimum absolute atomic E-state index is 0.237. The van der Waals surface area contributed by atoms with Gasteiger partial charge < -0.3 is 9.67 Å². The summed E-state index contributed by atoms with van der Waals surface area (Å²) in [6.45, 7) is -0.237. The highest BCUT2D eigenvalue weighted by Gasteiger charge is 2.16. The molecule has 0 aliphatic rings. The van der Waals surface area contributed by atoms with Crippen molar-refractivity contribution in [3.63, 3.8) is 0 Å². The van der Waals surface area contributed by atoms with Gasteiger partial charge in [0.15, 0.2) is 0 Å². The van der Waals surface area contributed by atoms with E-state index < -0.39 is 5.92 Å². The summed E-state index contributed by atoms with van der Waals surface area (Å²) in [5, 5.41) is 17.9. The Labute approximate surface area is 86.6 Å². The average molecular weight is 202 g/mol. The minimum Gasteiger partial charge on any atom is -0.395 e. The molecule has 15 heavy (non-hydrogen) atoms. The maximum absolute atomic E-state index is 9.05. The molecule has 2 aromatic heterocycles. The number of aliphatic hydroxyl groups excluding tert-OH is 1. The fraction of sp³-hybridized carbons (Fsp3) is 0.300. The van der Waals surface area contributed by atoms with Crippen molar-refractivity contribution < 1.29 is 5.11 Å². The normalized spacial score (nSPS) is 12.6. The second-order valence-electron chi connectivity index (χ2n) is 3.28. The lowest BCUT2D eigenvalue weighted by Crippen LogP contribution is -2.04. The van der Waals surface area contributed by atoms with Crippen LogP contribution in [0.1, 0.15) is 11.6 Å². The van der Waals surface area contributed by atoms with E-state index in [1.807, 2.05) is 23.8 Å². The predicted octanol–water partition coefficient (Wildman–Crippen LogP) is 0.568. The molecule has 5 nitrogen and oxygen atoms in total. The topological polar surface area (TPSA) is 74.7 Å². The molecule has 0 amide bonds. The zero-order valence-corrected chi connectivity index (χ0v) is 8.25. The highest BCUT2D eigenvalue weighted by molar-refractivity contribution is 5.78. The Morgan fingerprint density at radius 2 is 2.40 bits per heavy atom. The lowest BCUT2D eigenvalue weighted by atomic mass is 10.1. The molecule has 2 rings (SSSR count). The molecule has 0 bridgehead atoms. The molecule has 0 spiro atoms. The SMILES string of the molecule is Cn1cnc2c(C(C#N)CO)nccc21. The Bertz CT molecular complexity index is 526. The van der Waals surface area contributed by atoms with Crippen LogP contribution in [0.4, 0.5) is 0 Å². The molecule has 0 aromatic carbocycles. The lowest BCUT2D eigenvalue weighted by molar-refractivity contribution is 0.284. The molecule has 1 unspecified atom stereocenters. The van der Waals surface area contributed by atoms with Crippen LogP contribution < -0.4 is 0 Å². The van der Waals surface area contributed by atoms with Gasteiger partial charge in [0.25, 0.3) is 0 Å². The fourth-order valence-electron chi connectivity index (χ4n) is 1.53. The summed E-state index contributed by atoms with van der Waals surface area (Å²) in [5.41, 5.74) is 2.13. The number of rotatable bonds is 2. The molecule has 0 aliphatic heterocycles. The third kappa shape index (κ3) is 1.45. The first kappa shape index (κ1) is 9.62. The number of aryl methyl sites for hydroxylation is 1. The number of nitrogens with zero attached hydrogens (tertiary/aromatic N) is 4. The number of pyridine rings is 1. The van der Waals surface area contributed by atoms with Crippen LogP contribution in [-0.4, -0.2) is 26.2 Å². The summed E-state index contributed by atoms with van der Waals surface area (Å²) in [5.74, 6) is -0.608. The molecular formula is C10H10N4O. The van der Waals surface area contributed by atoms with Gasteiger partial charge >= 0.3 is 0 Å². The molecule has 2 aromatic rings. The van der Waals surface area contributed by atoms with E-state index >= 15 is 0 Å². The third-order valence-electron chi connectivity index (χ3n) is 2.34. The lowest BCUT2D eigenvalue weighted by Gasteiger charge is -2.05. The Kier molecular flexibility index (Phi) is 2.35. The number of aromatic nitrogens is 3. The van der Waals surface area contributed by atoms with Gasteiger partial charge in [0.05, 0.1) is 30.2 Å². The van der Waals surface area contributed by atoms with Crippen LogP contribution in [0.25, 0.3) is 11.0 Å². The van der Waals surface area contributed by atoms with Gasteiger partial charge in [0, 0.05) is 13.2 Å². The highest BCUT2D eigenvalue weighted by Crippen LogP contribution is 2.21. The second-order valence-corrected chi connectivity index (χ2v) is 3.28. The van der Waals surface area contributed by atoms with Gasteiger partial charge in [-0.25, -0.2) is 4.98 Å². The van der Waals surface area contributed by atoms with Crippen LogP contribution in [0.3, 0.4) is 0 Å². The van der Waals surface area contributed by atoms with Crippen molar-refractivity contribution in [1.29, 1.82) is 5.26 Å². The smallest absolute Gasteiger partial charge is 0.114 e. The highest BCUT2D eigenvalue weighted by atomic mass is 16.3. The van der Waals surface area contributed by atoms with Gasteiger partial charge in [-0.15, -0.1) is 0 Å². The van der Waals surface area contributed by atoms with E-state index in [1.54, 1.807) is 12.5 Å².